The number of aromatic amines is 1. The molecule has 224 valence electrons. The Morgan fingerprint density at radius 3 is 2.74 bits per heavy atom. The SMILES string of the molecule is CNc1nc(N2CCC3(CCN(Cc4ccc5c(c4)[nH]c(=O)n5CCNC(C)=O)C3)C2)c2cc(CC(F)(F)F)sc2n1. The number of rotatable bonds is 8. The first-order valence-corrected chi connectivity index (χ1v) is 14.8. The zero-order valence-electron chi connectivity index (χ0n) is 23.5. The van der Waals surface area contributed by atoms with Gasteiger partial charge in [-0.05, 0) is 43.1 Å². The van der Waals surface area contributed by atoms with E-state index in [9.17, 15) is 22.8 Å². The van der Waals surface area contributed by atoms with Crippen LogP contribution in [-0.2, 0) is 24.3 Å². The lowest BCUT2D eigenvalue weighted by Gasteiger charge is -2.25. The number of hydrogen-bond donors (Lipinski definition) is 3. The first kappa shape index (κ1) is 28.5. The van der Waals surface area contributed by atoms with Gasteiger partial charge in [0.2, 0.25) is 11.9 Å². The van der Waals surface area contributed by atoms with E-state index in [1.807, 2.05) is 18.2 Å². The summed E-state index contributed by atoms with van der Waals surface area (Å²) in [5.74, 6) is 0.972. The van der Waals surface area contributed by atoms with Crippen molar-refractivity contribution in [2.24, 2.45) is 5.41 Å². The third-order valence-corrected chi connectivity index (χ3v) is 9.26. The van der Waals surface area contributed by atoms with E-state index in [2.05, 4.69) is 35.4 Å². The van der Waals surface area contributed by atoms with Gasteiger partial charge in [0.15, 0.2) is 0 Å². The number of H-pyrrole nitrogens is 1. The lowest BCUT2D eigenvalue weighted by molar-refractivity contribution is -0.126. The standard InChI is InChI=1S/C28H33F3N8O2S/c1-17(40)33-7-10-39-22-4-3-18(11-21(22)34-26(39)41)14-37-8-5-27(15-37)6-9-38(16-27)23-20-12-19(13-28(29,30)31)42-24(20)36-25(32-2)35-23/h3-4,11-12H,5-10,13-16H2,1-2H3,(H,33,40)(H,34,41)(H,32,35,36). The number of imidazole rings is 1. The molecule has 0 radical (unpaired) electrons. The van der Waals surface area contributed by atoms with Gasteiger partial charge in [-0.25, -0.2) is 9.78 Å². The molecule has 0 saturated carbocycles. The molecule has 1 atom stereocenters. The summed E-state index contributed by atoms with van der Waals surface area (Å²) in [5, 5.41) is 6.36. The number of benzene rings is 1. The van der Waals surface area contributed by atoms with Gasteiger partial charge in [-0.3, -0.25) is 14.3 Å². The van der Waals surface area contributed by atoms with Crippen LogP contribution in [0.2, 0.25) is 0 Å². The summed E-state index contributed by atoms with van der Waals surface area (Å²) in [7, 11) is 1.71. The van der Waals surface area contributed by atoms with Crippen molar-refractivity contribution in [1.82, 2.24) is 29.7 Å². The molecule has 1 aromatic carbocycles. The monoisotopic (exact) mass is 602 g/mol. The topological polar surface area (TPSA) is 111 Å². The maximum Gasteiger partial charge on any atom is 0.393 e. The predicted molar refractivity (Wildman–Crippen MR) is 157 cm³/mol. The van der Waals surface area contributed by atoms with E-state index < -0.39 is 12.6 Å². The van der Waals surface area contributed by atoms with Gasteiger partial charge in [0.25, 0.3) is 0 Å². The Balaban J connectivity index is 1.15. The fourth-order valence-corrected chi connectivity index (χ4v) is 7.39. The largest absolute Gasteiger partial charge is 0.393 e. The molecule has 14 heteroatoms. The highest BCUT2D eigenvalue weighted by molar-refractivity contribution is 7.18. The number of thiophene rings is 1. The Hall–Kier alpha value is -3.65. The third-order valence-electron chi connectivity index (χ3n) is 8.23. The minimum atomic E-state index is -4.27. The number of hydrogen-bond acceptors (Lipinski definition) is 8. The van der Waals surface area contributed by atoms with Crippen LogP contribution in [0.4, 0.5) is 24.9 Å². The molecule has 3 aromatic heterocycles. The van der Waals surface area contributed by atoms with Gasteiger partial charge in [0.1, 0.15) is 10.6 Å². The highest BCUT2D eigenvalue weighted by Gasteiger charge is 2.44. The fraction of sp³-hybridized carbons (Fsp3) is 0.500. The highest BCUT2D eigenvalue weighted by atomic mass is 32.1. The fourth-order valence-electron chi connectivity index (χ4n) is 6.34. The molecule has 2 saturated heterocycles. The first-order chi connectivity index (χ1) is 20.0. The summed E-state index contributed by atoms with van der Waals surface area (Å²) >= 11 is 1.07. The zero-order valence-corrected chi connectivity index (χ0v) is 24.3. The molecule has 42 heavy (non-hydrogen) atoms. The summed E-state index contributed by atoms with van der Waals surface area (Å²) < 4.78 is 40.9. The number of aromatic nitrogens is 4. The smallest absolute Gasteiger partial charge is 0.357 e. The van der Waals surface area contributed by atoms with Crippen molar-refractivity contribution in [3.63, 3.8) is 0 Å². The third kappa shape index (κ3) is 5.82. The van der Waals surface area contributed by atoms with Crippen molar-refractivity contribution >= 4 is 50.3 Å². The van der Waals surface area contributed by atoms with Gasteiger partial charge in [0.05, 0.1) is 22.8 Å². The van der Waals surface area contributed by atoms with Crippen LogP contribution in [0.15, 0.2) is 29.1 Å². The van der Waals surface area contributed by atoms with Gasteiger partial charge in [-0.1, -0.05) is 6.07 Å². The summed E-state index contributed by atoms with van der Waals surface area (Å²) in [6.45, 7) is 6.40. The van der Waals surface area contributed by atoms with Crippen LogP contribution in [0, 0.1) is 5.41 Å². The second-order valence-electron chi connectivity index (χ2n) is 11.4. The number of carbonyl (C=O) groups excluding carboxylic acids is 1. The Bertz CT molecular complexity index is 1700. The average Bonchev–Trinajstić information content (AvgIpc) is 3.68. The maximum atomic E-state index is 13.1. The molecule has 1 spiro atoms. The van der Waals surface area contributed by atoms with E-state index >= 15 is 0 Å². The lowest BCUT2D eigenvalue weighted by atomic mass is 9.86. The van der Waals surface area contributed by atoms with E-state index in [-0.39, 0.29) is 21.9 Å². The molecule has 6 rings (SSSR count). The van der Waals surface area contributed by atoms with Crippen LogP contribution < -0.4 is 21.2 Å². The van der Waals surface area contributed by atoms with Crippen LogP contribution in [0.1, 0.15) is 30.2 Å². The van der Waals surface area contributed by atoms with E-state index in [1.54, 1.807) is 17.7 Å². The predicted octanol–water partition coefficient (Wildman–Crippen LogP) is 3.72. The Labute approximate surface area is 243 Å². The van der Waals surface area contributed by atoms with E-state index in [0.717, 1.165) is 73.5 Å². The minimum Gasteiger partial charge on any atom is -0.357 e. The molecule has 10 nitrogen and oxygen atoms in total. The van der Waals surface area contributed by atoms with Gasteiger partial charge in [-0.2, -0.15) is 18.2 Å². The van der Waals surface area contributed by atoms with Gasteiger partial charge in [0, 0.05) is 63.5 Å². The quantitative estimate of drug-likeness (QED) is 0.282. The van der Waals surface area contributed by atoms with Gasteiger partial charge >= 0.3 is 11.9 Å². The molecule has 2 aliphatic heterocycles. The van der Waals surface area contributed by atoms with Gasteiger partial charge in [-0.15, -0.1) is 11.3 Å². The molecule has 0 aliphatic carbocycles. The summed E-state index contributed by atoms with van der Waals surface area (Å²) in [6, 6.07) is 7.61. The van der Waals surface area contributed by atoms with Crippen molar-refractivity contribution in [2.45, 2.75) is 45.5 Å². The Kier molecular flexibility index (Phi) is 7.37. The molecule has 5 heterocycles. The summed E-state index contributed by atoms with van der Waals surface area (Å²) in [6.07, 6.45) is -3.24. The second kappa shape index (κ2) is 10.9. The number of anilines is 2. The van der Waals surface area contributed by atoms with Crippen LogP contribution in [0.5, 0.6) is 0 Å². The number of likely N-dealkylation sites (tertiary alicyclic amines) is 1. The van der Waals surface area contributed by atoms with Crippen molar-refractivity contribution in [3.05, 3.63) is 45.2 Å². The maximum absolute atomic E-state index is 13.1. The first-order valence-electron chi connectivity index (χ1n) is 14.0. The molecule has 4 aromatic rings. The molecule has 1 amide bonds. The molecular weight excluding hydrogens is 569 g/mol. The molecule has 0 bridgehead atoms. The van der Waals surface area contributed by atoms with E-state index in [1.165, 1.54) is 6.92 Å². The Morgan fingerprint density at radius 2 is 1.98 bits per heavy atom. The second-order valence-corrected chi connectivity index (χ2v) is 12.5. The van der Waals surface area contributed by atoms with Crippen molar-refractivity contribution < 1.29 is 18.0 Å². The molecule has 3 N–H and O–H groups in total. The van der Waals surface area contributed by atoms with E-state index in [4.69, 9.17) is 0 Å². The van der Waals surface area contributed by atoms with Crippen LogP contribution >= 0.6 is 11.3 Å². The molecule has 2 fully saturated rings. The number of alkyl halides is 3. The van der Waals surface area contributed by atoms with Crippen molar-refractivity contribution in [3.8, 4) is 0 Å². The van der Waals surface area contributed by atoms with Crippen LogP contribution in [0.25, 0.3) is 21.3 Å². The number of nitrogens with zero attached hydrogens (tertiary/aromatic N) is 5. The van der Waals surface area contributed by atoms with Crippen LogP contribution in [0.3, 0.4) is 0 Å². The number of fused-ring (bicyclic) bond motifs is 2. The van der Waals surface area contributed by atoms with Crippen molar-refractivity contribution in [2.75, 3.05) is 50.0 Å². The normalized spacial score (nSPS) is 19.5. The molecular formula is C28H33F3N8O2S. The Morgan fingerprint density at radius 1 is 1.17 bits per heavy atom. The van der Waals surface area contributed by atoms with Crippen molar-refractivity contribution in [1.29, 1.82) is 0 Å². The summed E-state index contributed by atoms with van der Waals surface area (Å²) in [5.41, 5.74) is 2.57. The van der Waals surface area contributed by atoms with Crippen LogP contribution in [-0.4, -0.2) is 76.3 Å². The minimum absolute atomic E-state index is 0.0767. The molecule has 1 unspecified atom stereocenters. The number of halogens is 3. The van der Waals surface area contributed by atoms with Gasteiger partial charge < -0.3 is 20.5 Å². The van der Waals surface area contributed by atoms with E-state index in [0.29, 0.717) is 35.1 Å². The lowest BCUT2D eigenvalue weighted by Crippen LogP contribution is -2.31. The number of nitrogens with one attached hydrogen (secondary N) is 3. The molecule has 2 aliphatic rings. The number of amides is 1. The summed E-state index contributed by atoms with van der Waals surface area (Å²) in [4.78, 5) is 41.1. The average molecular weight is 603 g/mol. The zero-order chi connectivity index (χ0) is 29.6. The number of carbonyl (C=O) groups is 1. The highest BCUT2D eigenvalue weighted by Crippen LogP contribution is 2.43.